The molecule has 1 fully saturated rings. The van der Waals surface area contributed by atoms with Crippen LogP contribution in [0.15, 0.2) is 0 Å². The average molecular weight is 158 g/mol. The molecule has 0 aliphatic carbocycles. The lowest BCUT2D eigenvalue weighted by Crippen LogP contribution is -2.31. The standard InChI is InChI=1S/C8H14O3/c1-5-8(6(9)10-4)7(2,3)11-8/h5H2,1-4H3. The number of carbonyl (C=O) groups excluding carboxylic acids is 1. The average Bonchev–Trinajstić information content (AvgIpc) is 2.53. The van der Waals surface area contributed by atoms with E-state index in [9.17, 15) is 4.79 Å². The van der Waals surface area contributed by atoms with E-state index in [1.807, 2.05) is 20.8 Å². The van der Waals surface area contributed by atoms with Gasteiger partial charge in [-0.15, -0.1) is 0 Å². The van der Waals surface area contributed by atoms with Crippen molar-refractivity contribution in [3.63, 3.8) is 0 Å². The van der Waals surface area contributed by atoms with Gasteiger partial charge in [0.25, 0.3) is 0 Å². The van der Waals surface area contributed by atoms with Gasteiger partial charge in [0.15, 0.2) is 5.60 Å². The number of hydrogen-bond acceptors (Lipinski definition) is 3. The van der Waals surface area contributed by atoms with Crippen LogP contribution in [0.4, 0.5) is 0 Å². The van der Waals surface area contributed by atoms with Crippen LogP contribution in [0, 0.1) is 0 Å². The lowest BCUT2D eigenvalue weighted by atomic mass is 9.94. The van der Waals surface area contributed by atoms with Gasteiger partial charge >= 0.3 is 5.97 Å². The Morgan fingerprint density at radius 3 is 2.09 bits per heavy atom. The van der Waals surface area contributed by atoms with Crippen molar-refractivity contribution in [2.24, 2.45) is 0 Å². The number of methoxy groups -OCH3 is 1. The van der Waals surface area contributed by atoms with Gasteiger partial charge in [0.2, 0.25) is 0 Å². The number of rotatable bonds is 2. The van der Waals surface area contributed by atoms with Crippen molar-refractivity contribution < 1.29 is 14.3 Å². The highest BCUT2D eigenvalue weighted by Crippen LogP contribution is 2.50. The summed E-state index contributed by atoms with van der Waals surface area (Å²) in [6.45, 7) is 5.71. The van der Waals surface area contributed by atoms with Crippen molar-refractivity contribution in [2.45, 2.75) is 38.4 Å². The second-order valence-electron chi connectivity index (χ2n) is 3.28. The van der Waals surface area contributed by atoms with Crippen molar-refractivity contribution >= 4 is 5.97 Å². The van der Waals surface area contributed by atoms with Crippen molar-refractivity contribution in [3.8, 4) is 0 Å². The molecule has 3 heteroatoms. The smallest absolute Gasteiger partial charge is 0.341 e. The third-order valence-corrected chi connectivity index (χ3v) is 2.37. The molecular weight excluding hydrogens is 144 g/mol. The summed E-state index contributed by atoms with van der Waals surface area (Å²) in [4.78, 5) is 11.2. The maximum Gasteiger partial charge on any atom is 0.341 e. The van der Waals surface area contributed by atoms with E-state index < -0.39 is 5.60 Å². The highest BCUT2D eigenvalue weighted by Gasteiger charge is 2.68. The zero-order valence-corrected chi connectivity index (χ0v) is 7.43. The van der Waals surface area contributed by atoms with Gasteiger partial charge in [-0.1, -0.05) is 6.92 Å². The minimum Gasteiger partial charge on any atom is -0.467 e. The van der Waals surface area contributed by atoms with Crippen LogP contribution in [0.25, 0.3) is 0 Å². The Morgan fingerprint density at radius 1 is 1.55 bits per heavy atom. The maximum absolute atomic E-state index is 11.2. The molecule has 0 radical (unpaired) electrons. The van der Waals surface area contributed by atoms with Crippen molar-refractivity contribution in [3.05, 3.63) is 0 Å². The lowest BCUT2D eigenvalue weighted by Gasteiger charge is -2.08. The quantitative estimate of drug-likeness (QED) is 0.446. The van der Waals surface area contributed by atoms with E-state index in [4.69, 9.17) is 4.74 Å². The molecule has 0 saturated carbocycles. The van der Waals surface area contributed by atoms with Crippen molar-refractivity contribution in [1.29, 1.82) is 0 Å². The minimum absolute atomic E-state index is 0.259. The van der Waals surface area contributed by atoms with E-state index in [0.29, 0.717) is 6.42 Å². The Balaban J connectivity index is 2.75. The maximum atomic E-state index is 11.2. The zero-order valence-electron chi connectivity index (χ0n) is 7.43. The molecular formula is C8H14O3. The summed E-state index contributed by atoms with van der Waals surface area (Å²) in [5.41, 5.74) is -1.00. The Hall–Kier alpha value is -0.570. The van der Waals surface area contributed by atoms with Crippen LogP contribution in [0.3, 0.4) is 0 Å². The number of carbonyl (C=O) groups is 1. The van der Waals surface area contributed by atoms with Gasteiger partial charge in [0.05, 0.1) is 7.11 Å². The first kappa shape index (κ1) is 8.53. The molecule has 0 spiro atoms. The van der Waals surface area contributed by atoms with Gasteiger partial charge < -0.3 is 9.47 Å². The summed E-state index contributed by atoms with van der Waals surface area (Å²) < 4.78 is 9.96. The minimum atomic E-state index is -0.665. The molecule has 1 rings (SSSR count). The van der Waals surface area contributed by atoms with E-state index in [1.165, 1.54) is 7.11 Å². The third-order valence-electron chi connectivity index (χ3n) is 2.37. The van der Waals surface area contributed by atoms with Gasteiger partial charge in [0.1, 0.15) is 5.60 Å². The molecule has 1 heterocycles. The molecule has 0 bridgehead atoms. The molecule has 3 nitrogen and oxygen atoms in total. The topological polar surface area (TPSA) is 38.8 Å². The molecule has 0 N–H and O–H groups in total. The molecule has 11 heavy (non-hydrogen) atoms. The van der Waals surface area contributed by atoms with Crippen LogP contribution in [0.1, 0.15) is 27.2 Å². The summed E-state index contributed by atoms with van der Waals surface area (Å²) in [5.74, 6) is -0.259. The molecule has 0 amide bonds. The first-order chi connectivity index (χ1) is 5.00. The van der Waals surface area contributed by atoms with Crippen molar-refractivity contribution in [2.75, 3.05) is 7.11 Å². The second-order valence-corrected chi connectivity index (χ2v) is 3.28. The van der Waals surface area contributed by atoms with Crippen LogP contribution in [0.2, 0.25) is 0 Å². The number of epoxide rings is 1. The number of esters is 1. The molecule has 0 aromatic rings. The summed E-state index contributed by atoms with van der Waals surface area (Å²) in [6, 6.07) is 0. The van der Waals surface area contributed by atoms with Gasteiger partial charge in [-0.05, 0) is 20.3 Å². The fourth-order valence-corrected chi connectivity index (χ4v) is 1.50. The first-order valence-corrected chi connectivity index (χ1v) is 3.79. The molecule has 0 aromatic carbocycles. The largest absolute Gasteiger partial charge is 0.467 e. The van der Waals surface area contributed by atoms with E-state index in [-0.39, 0.29) is 11.6 Å². The Kier molecular flexibility index (Phi) is 1.71. The second kappa shape index (κ2) is 2.21. The van der Waals surface area contributed by atoms with Gasteiger partial charge in [-0.3, -0.25) is 0 Å². The molecule has 0 aromatic heterocycles. The summed E-state index contributed by atoms with van der Waals surface area (Å²) in [7, 11) is 1.39. The number of hydrogen-bond donors (Lipinski definition) is 0. The fraction of sp³-hybridized carbons (Fsp3) is 0.875. The zero-order chi connectivity index (χ0) is 8.70. The molecule has 1 atom stereocenters. The van der Waals surface area contributed by atoms with E-state index in [0.717, 1.165) is 0 Å². The van der Waals surface area contributed by atoms with Gasteiger partial charge in [-0.25, -0.2) is 4.79 Å². The Labute approximate surface area is 66.7 Å². The van der Waals surface area contributed by atoms with E-state index >= 15 is 0 Å². The van der Waals surface area contributed by atoms with Gasteiger partial charge in [-0.2, -0.15) is 0 Å². The molecule has 1 unspecified atom stereocenters. The van der Waals surface area contributed by atoms with E-state index in [2.05, 4.69) is 4.74 Å². The molecule has 1 saturated heterocycles. The van der Waals surface area contributed by atoms with Crippen LogP contribution in [-0.2, 0) is 14.3 Å². The van der Waals surface area contributed by atoms with Crippen LogP contribution in [-0.4, -0.2) is 24.3 Å². The summed E-state index contributed by atoms with van der Waals surface area (Å²) >= 11 is 0. The van der Waals surface area contributed by atoms with Gasteiger partial charge in [0, 0.05) is 0 Å². The highest BCUT2D eigenvalue weighted by atomic mass is 16.7. The fourth-order valence-electron chi connectivity index (χ4n) is 1.50. The van der Waals surface area contributed by atoms with Crippen LogP contribution in [0.5, 0.6) is 0 Å². The van der Waals surface area contributed by atoms with Crippen LogP contribution < -0.4 is 0 Å². The van der Waals surface area contributed by atoms with Crippen molar-refractivity contribution in [1.82, 2.24) is 0 Å². The lowest BCUT2D eigenvalue weighted by molar-refractivity contribution is -0.147. The highest BCUT2D eigenvalue weighted by molar-refractivity contribution is 5.84. The first-order valence-electron chi connectivity index (χ1n) is 3.79. The Bertz CT molecular complexity index is 186. The summed E-state index contributed by atoms with van der Waals surface area (Å²) in [6.07, 6.45) is 0.673. The predicted molar refractivity (Wildman–Crippen MR) is 40.2 cm³/mol. The summed E-state index contributed by atoms with van der Waals surface area (Å²) in [5, 5.41) is 0. The normalized spacial score (nSPS) is 33.1. The molecule has 1 aliphatic rings. The Morgan fingerprint density at radius 2 is 2.00 bits per heavy atom. The monoisotopic (exact) mass is 158 g/mol. The third kappa shape index (κ3) is 0.948. The SMILES string of the molecule is CCC1(C(=O)OC)OC1(C)C. The van der Waals surface area contributed by atoms with Crippen LogP contribution >= 0.6 is 0 Å². The predicted octanol–water partition coefficient (Wildman–Crippen LogP) is 1.12. The van der Waals surface area contributed by atoms with E-state index in [1.54, 1.807) is 0 Å². The number of ether oxygens (including phenoxy) is 2. The molecule has 64 valence electrons. The molecule has 1 aliphatic heterocycles.